The van der Waals surface area contributed by atoms with Crippen molar-refractivity contribution in [1.82, 2.24) is 29.9 Å². The summed E-state index contributed by atoms with van der Waals surface area (Å²) in [5, 5.41) is 6.00. The number of hydrogen-bond donors (Lipinski definition) is 1. The fraction of sp³-hybridized carbons (Fsp3) is 0.171. The fourth-order valence-corrected chi connectivity index (χ4v) is 8.16. The third kappa shape index (κ3) is 7.47. The molecule has 0 radical (unpaired) electrons. The molecule has 0 amide bonds. The molecule has 7 aromatic rings. The molecule has 240 valence electrons. The minimum absolute atomic E-state index is 0.149. The molecule has 0 fully saturated rings. The number of fused-ring (bicyclic) bond motifs is 3. The minimum atomic E-state index is 0.149. The highest BCUT2D eigenvalue weighted by Gasteiger charge is 2.23. The predicted octanol–water partition coefficient (Wildman–Crippen LogP) is 8.32. The van der Waals surface area contributed by atoms with E-state index < -0.39 is 0 Å². The minimum Gasteiger partial charge on any atom is -0.495 e. The van der Waals surface area contributed by atoms with Gasteiger partial charge in [0.25, 0.3) is 0 Å². The average Bonchev–Trinajstić information content (AvgIpc) is 3.84. The van der Waals surface area contributed by atoms with Gasteiger partial charge in [-0.25, -0.2) is 29.9 Å². The van der Waals surface area contributed by atoms with Gasteiger partial charge in [-0.2, -0.15) is 0 Å². The summed E-state index contributed by atoms with van der Waals surface area (Å²) in [5.74, 6) is 1.31. The first kappa shape index (κ1) is 32.1. The molecule has 0 saturated heterocycles. The number of carbonyl (C=O) groups excluding carboxylic acids is 1. The number of halogens is 1. The predicted molar refractivity (Wildman–Crippen MR) is 194 cm³/mol. The van der Waals surface area contributed by atoms with Gasteiger partial charge in [-0.15, -0.1) is 0 Å². The van der Waals surface area contributed by atoms with Gasteiger partial charge in [0.05, 0.1) is 22.8 Å². The van der Waals surface area contributed by atoms with Crippen LogP contribution in [0.15, 0.2) is 90.3 Å². The molecule has 0 aliphatic carbocycles. The van der Waals surface area contributed by atoms with E-state index in [0.29, 0.717) is 28.7 Å². The van der Waals surface area contributed by atoms with E-state index in [1.165, 1.54) is 29.2 Å². The summed E-state index contributed by atoms with van der Waals surface area (Å²) in [6, 6.07) is 24.6. The van der Waals surface area contributed by atoms with Crippen LogP contribution in [0.25, 0.3) is 20.7 Å². The van der Waals surface area contributed by atoms with Crippen molar-refractivity contribution in [2.24, 2.45) is 0 Å². The van der Waals surface area contributed by atoms with Crippen LogP contribution >= 0.6 is 46.0 Å². The third-order valence-electron chi connectivity index (χ3n) is 7.57. The SMILES string of the molecule is COc1cc2c(cc1Nc1ncnc3sc(CCc4ccccc4)nc13)SC(=O)C2.Clc1ncnc2sc(CCc3ccccc3)nc12. The molecule has 4 aromatic heterocycles. The number of nitrogens with zero attached hydrogens (tertiary/aromatic N) is 6. The van der Waals surface area contributed by atoms with Crippen molar-refractivity contribution in [2.75, 3.05) is 12.4 Å². The fourth-order valence-electron chi connectivity index (χ4n) is 5.21. The Labute approximate surface area is 293 Å². The first-order valence-corrected chi connectivity index (χ1v) is 18.0. The number of methoxy groups -OCH3 is 1. The first-order valence-electron chi connectivity index (χ1n) is 15.1. The quantitative estimate of drug-likeness (QED) is 0.147. The van der Waals surface area contributed by atoms with E-state index in [0.717, 1.165) is 67.0 Å². The summed E-state index contributed by atoms with van der Waals surface area (Å²) in [4.78, 5) is 40.6. The monoisotopic (exact) mass is 709 g/mol. The number of aryl methyl sites for hydroxylation is 4. The number of thiazole rings is 2. The summed E-state index contributed by atoms with van der Waals surface area (Å²) in [7, 11) is 1.62. The van der Waals surface area contributed by atoms with Gasteiger partial charge in [-0.05, 0) is 41.7 Å². The maximum absolute atomic E-state index is 11.8. The zero-order chi connectivity index (χ0) is 32.9. The van der Waals surface area contributed by atoms with E-state index in [1.807, 2.05) is 24.3 Å². The second-order valence-corrected chi connectivity index (χ2v) is 14.4. The zero-order valence-corrected chi connectivity index (χ0v) is 28.9. The lowest BCUT2D eigenvalue weighted by Crippen LogP contribution is -1.99. The van der Waals surface area contributed by atoms with E-state index in [9.17, 15) is 4.79 Å². The molecule has 1 aliphatic rings. The van der Waals surface area contributed by atoms with Crippen LogP contribution in [0.1, 0.15) is 26.7 Å². The molecule has 5 heterocycles. The molecule has 0 saturated carbocycles. The Bertz CT molecular complexity index is 2210. The maximum atomic E-state index is 11.8. The normalized spacial score (nSPS) is 12.2. The highest BCUT2D eigenvalue weighted by atomic mass is 35.5. The Morgan fingerprint density at radius 1 is 0.771 bits per heavy atom. The van der Waals surface area contributed by atoms with Crippen LogP contribution in [0.3, 0.4) is 0 Å². The van der Waals surface area contributed by atoms with Crippen LogP contribution in [-0.4, -0.2) is 42.1 Å². The molecule has 0 bridgehead atoms. The number of rotatable bonds is 9. The van der Waals surface area contributed by atoms with Crippen LogP contribution in [0, 0.1) is 0 Å². The lowest BCUT2D eigenvalue weighted by atomic mass is 10.1. The molecule has 0 atom stereocenters. The first-order chi connectivity index (χ1) is 23.5. The highest BCUT2D eigenvalue weighted by molar-refractivity contribution is 8.14. The number of carbonyl (C=O) groups is 1. The number of nitrogens with one attached hydrogen (secondary N) is 1. The van der Waals surface area contributed by atoms with Gasteiger partial charge in [0, 0.05) is 24.2 Å². The molecule has 0 unspecified atom stereocenters. The number of hydrogen-bond acceptors (Lipinski definition) is 12. The Kier molecular flexibility index (Phi) is 9.85. The molecule has 8 rings (SSSR count). The molecule has 48 heavy (non-hydrogen) atoms. The van der Waals surface area contributed by atoms with E-state index >= 15 is 0 Å². The van der Waals surface area contributed by atoms with E-state index in [1.54, 1.807) is 36.1 Å². The number of anilines is 2. The van der Waals surface area contributed by atoms with Crippen molar-refractivity contribution in [1.29, 1.82) is 0 Å². The topological polar surface area (TPSA) is 116 Å². The van der Waals surface area contributed by atoms with Crippen LogP contribution in [0.2, 0.25) is 5.15 Å². The molecule has 3 aromatic carbocycles. The van der Waals surface area contributed by atoms with Crippen LogP contribution in [-0.2, 0) is 36.9 Å². The van der Waals surface area contributed by atoms with Crippen LogP contribution in [0.5, 0.6) is 5.75 Å². The Morgan fingerprint density at radius 2 is 1.38 bits per heavy atom. The second kappa shape index (κ2) is 14.7. The van der Waals surface area contributed by atoms with Crippen molar-refractivity contribution in [3.63, 3.8) is 0 Å². The third-order valence-corrected chi connectivity index (χ3v) is 10.9. The summed E-state index contributed by atoms with van der Waals surface area (Å²) >= 11 is 10.4. The van der Waals surface area contributed by atoms with Crippen LogP contribution in [0.4, 0.5) is 11.5 Å². The van der Waals surface area contributed by atoms with Crippen molar-refractivity contribution < 1.29 is 9.53 Å². The van der Waals surface area contributed by atoms with Gasteiger partial charge < -0.3 is 10.1 Å². The Hall–Kier alpha value is -4.49. The van der Waals surface area contributed by atoms with Crippen molar-refractivity contribution in [2.45, 2.75) is 37.0 Å². The van der Waals surface area contributed by atoms with E-state index in [4.69, 9.17) is 21.3 Å². The summed E-state index contributed by atoms with van der Waals surface area (Å²) < 4.78 is 5.54. The van der Waals surface area contributed by atoms with E-state index in [2.05, 4.69) is 78.8 Å². The Morgan fingerprint density at radius 3 is 2.00 bits per heavy atom. The van der Waals surface area contributed by atoms with Crippen molar-refractivity contribution in [3.05, 3.63) is 117 Å². The number of thioether (sulfide) groups is 1. The van der Waals surface area contributed by atoms with Crippen molar-refractivity contribution >= 4 is 83.4 Å². The molecule has 0 spiro atoms. The van der Waals surface area contributed by atoms with Gasteiger partial charge in [0.2, 0.25) is 0 Å². The lowest BCUT2D eigenvalue weighted by Gasteiger charge is -2.12. The number of ether oxygens (including phenoxy) is 1. The lowest BCUT2D eigenvalue weighted by molar-refractivity contribution is -0.110. The smallest absolute Gasteiger partial charge is 0.198 e. The molecule has 13 heteroatoms. The average molecular weight is 710 g/mol. The summed E-state index contributed by atoms with van der Waals surface area (Å²) in [5.41, 5.74) is 5.82. The van der Waals surface area contributed by atoms with Gasteiger partial charge in [0.15, 0.2) is 16.1 Å². The zero-order valence-electron chi connectivity index (χ0n) is 25.7. The molecule has 9 nitrogen and oxygen atoms in total. The van der Waals surface area contributed by atoms with E-state index in [-0.39, 0.29) is 5.12 Å². The second-order valence-electron chi connectivity index (χ2n) is 10.8. The van der Waals surface area contributed by atoms with Gasteiger partial charge in [-0.3, -0.25) is 4.79 Å². The van der Waals surface area contributed by atoms with Crippen molar-refractivity contribution in [3.8, 4) is 5.75 Å². The molecule has 1 N–H and O–H groups in total. The Balaban J connectivity index is 0.000000172. The number of benzene rings is 3. The summed E-state index contributed by atoms with van der Waals surface area (Å²) in [6.45, 7) is 0. The molecule has 1 aliphatic heterocycles. The highest BCUT2D eigenvalue weighted by Crippen LogP contribution is 2.41. The maximum Gasteiger partial charge on any atom is 0.198 e. The summed E-state index contributed by atoms with van der Waals surface area (Å²) in [6.07, 6.45) is 7.12. The largest absolute Gasteiger partial charge is 0.495 e. The van der Waals surface area contributed by atoms with Crippen LogP contribution < -0.4 is 10.1 Å². The standard InChI is InChI=1S/C22H18N4O2S2.C13H10ClN3S/c1-28-16-9-14-10-19(27)29-17(14)11-15(16)25-21-20-22(24-12-23-21)30-18(26-20)8-7-13-5-3-2-4-6-13;14-12-11-13(16-8-15-12)18-10(17-11)7-6-9-4-2-1-3-5-9/h2-6,9,11-12H,7-8,10H2,1H3,(H,23,24,25);1-5,8H,6-7H2. The van der Waals surface area contributed by atoms with Gasteiger partial charge in [0.1, 0.15) is 39.1 Å². The van der Waals surface area contributed by atoms with Gasteiger partial charge >= 0.3 is 0 Å². The molecular formula is C35H28ClN7O2S3. The number of aromatic nitrogens is 6. The van der Waals surface area contributed by atoms with Gasteiger partial charge in [-0.1, -0.05) is 107 Å². The molecular weight excluding hydrogens is 682 g/mol.